The van der Waals surface area contributed by atoms with Crippen LogP contribution in [0.4, 0.5) is 0 Å². The summed E-state index contributed by atoms with van der Waals surface area (Å²) in [6.45, 7) is 6.09. The van der Waals surface area contributed by atoms with Gasteiger partial charge in [-0.3, -0.25) is 4.79 Å². The lowest BCUT2D eigenvalue weighted by atomic mass is 10.1. The van der Waals surface area contributed by atoms with E-state index in [9.17, 15) is 13.2 Å². The zero-order chi connectivity index (χ0) is 19.3. The van der Waals surface area contributed by atoms with Crippen LogP contribution in [-0.4, -0.2) is 36.8 Å². The standard InChI is InChI=1S/C18H23Cl2NO4S/c1-11-4-5-13(25-11)9-21(12-6-7-26(23,24)10-12)17(22)16-14(8-15(19)20)18(16,2)3/h4-5,8,12,14,16H,6-7,9-10H2,1-3H3. The molecule has 1 aromatic heterocycles. The second-order valence-corrected chi connectivity index (χ2v) is 11.1. The number of hydrogen-bond donors (Lipinski definition) is 0. The van der Waals surface area contributed by atoms with E-state index in [1.807, 2.05) is 32.9 Å². The van der Waals surface area contributed by atoms with Gasteiger partial charge in [0.15, 0.2) is 9.84 Å². The molecule has 2 fully saturated rings. The van der Waals surface area contributed by atoms with Crippen molar-refractivity contribution >= 4 is 38.9 Å². The van der Waals surface area contributed by atoms with Gasteiger partial charge < -0.3 is 9.32 Å². The molecular formula is C18H23Cl2NO4S. The molecule has 0 spiro atoms. The number of halogens is 2. The molecule has 2 aliphatic rings. The van der Waals surface area contributed by atoms with E-state index in [2.05, 4.69) is 0 Å². The van der Waals surface area contributed by atoms with Crippen LogP contribution in [0.2, 0.25) is 0 Å². The predicted octanol–water partition coefficient (Wildman–Crippen LogP) is 3.69. The number of hydrogen-bond acceptors (Lipinski definition) is 4. The van der Waals surface area contributed by atoms with Crippen molar-refractivity contribution in [3.05, 3.63) is 34.2 Å². The van der Waals surface area contributed by atoms with E-state index in [1.165, 1.54) is 0 Å². The summed E-state index contributed by atoms with van der Waals surface area (Å²) in [5, 5.41) is 0. The molecular weight excluding hydrogens is 397 g/mol. The molecule has 8 heteroatoms. The van der Waals surface area contributed by atoms with Crippen molar-refractivity contribution in [2.45, 2.75) is 39.8 Å². The first-order valence-corrected chi connectivity index (χ1v) is 11.2. The molecule has 3 rings (SSSR count). The van der Waals surface area contributed by atoms with Crippen molar-refractivity contribution in [3.63, 3.8) is 0 Å². The van der Waals surface area contributed by atoms with E-state index in [0.29, 0.717) is 12.2 Å². The molecule has 0 bridgehead atoms. The third-order valence-corrected chi connectivity index (χ3v) is 7.54. The largest absolute Gasteiger partial charge is 0.464 e. The molecule has 1 aromatic rings. The normalized spacial score (nSPS) is 28.6. The molecule has 3 unspecified atom stereocenters. The van der Waals surface area contributed by atoms with Gasteiger partial charge in [0.1, 0.15) is 16.0 Å². The number of carbonyl (C=O) groups excluding carboxylic acids is 1. The molecule has 1 amide bonds. The molecule has 1 saturated heterocycles. The number of amides is 1. The van der Waals surface area contributed by atoms with Crippen LogP contribution in [0.1, 0.15) is 31.8 Å². The van der Waals surface area contributed by atoms with Gasteiger partial charge in [0, 0.05) is 6.04 Å². The highest BCUT2D eigenvalue weighted by Crippen LogP contribution is 2.60. The summed E-state index contributed by atoms with van der Waals surface area (Å²) in [6.07, 6.45) is 2.16. The lowest BCUT2D eigenvalue weighted by molar-refractivity contribution is -0.136. The van der Waals surface area contributed by atoms with Crippen LogP contribution in [0.25, 0.3) is 0 Å². The molecule has 0 radical (unpaired) electrons. The van der Waals surface area contributed by atoms with Gasteiger partial charge in [-0.15, -0.1) is 0 Å². The summed E-state index contributed by atoms with van der Waals surface area (Å²) in [7, 11) is -3.11. The lowest BCUT2D eigenvalue weighted by Crippen LogP contribution is -2.42. The number of sulfone groups is 1. The fourth-order valence-corrected chi connectivity index (χ4v) is 5.92. The van der Waals surface area contributed by atoms with Crippen molar-refractivity contribution in [2.24, 2.45) is 17.3 Å². The minimum absolute atomic E-state index is 0.00233. The fourth-order valence-electron chi connectivity index (χ4n) is 3.92. The Kier molecular flexibility index (Phi) is 5.23. The van der Waals surface area contributed by atoms with Crippen LogP contribution < -0.4 is 0 Å². The minimum Gasteiger partial charge on any atom is -0.464 e. The number of carbonyl (C=O) groups is 1. The second-order valence-electron chi connectivity index (χ2n) is 7.82. The Morgan fingerprint density at radius 1 is 1.38 bits per heavy atom. The van der Waals surface area contributed by atoms with Crippen molar-refractivity contribution in [1.29, 1.82) is 0 Å². The number of rotatable bonds is 5. The average Bonchev–Trinajstić information content (AvgIpc) is 2.83. The molecule has 0 aromatic carbocycles. The van der Waals surface area contributed by atoms with Crippen LogP contribution in [0.3, 0.4) is 0 Å². The van der Waals surface area contributed by atoms with E-state index >= 15 is 0 Å². The zero-order valence-electron chi connectivity index (χ0n) is 15.0. The van der Waals surface area contributed by atoms with E-state index in [4.69, 9.17) is 27.6 Å². The van der Waals surface area contributed by atoms with E-state index < -0.39 is 9.84 Å². The second kappa shape index (κ2) is 6.88. The quantitative estimate of drug-likeness (QED) is 0.729. The monoisotopic (exact) mass is 419 g/mol. The third kappa shape index (κ3) is 3.97. The first-order chi connectivity index (χ1) is 12.0. The third-order valence-electron chi connectivity index (χ3n) is 5.54. The van der Waals surface area contributed by atoms with Crippen LogP contribution in [0.15, 0.2) is 27.1 Å². The van der Waals surface area contributed by atoms with E-state index in [1.54, 1.807) is 11.0 Å². The van der Waals surface area contributed by atoms with Crippen molar-refractivity contribution < 1.29 is 17.6 Å². The Balaban J connectivity index is 1.85. The molecule has 2 heterocycles. The maximum absolute atomic E-state index is 13.3. The first-order valence-electron chi connectivity index (χ1n) is 8.60. The molecule has 1 saturated carbocycles. The molecule has 1 aliphatic carbocycles. The Morgan fingerprint density at radius 2 is 2.08 bits per heavy atom. The topological polar surface area (TPSA) is 67.6 Å². The summed E-state index contributed by atoms with van der Waals surface area (Å²) in [5.74, 6) is 1.13. The number of furan rings is 1. The molecule has 5 nitrogen and oxygen atoms in total. The Morgan fingerprint density at radius 3 is 2.58 bits per heavy atom. The summed E-state index contributed by atoms with van der Waals surface area (Å²) in [6, 6.07) is 3.33. The molecule has 144 valence electrons. The lowest BCUT2D eigenvalue weighted by Gasteiger charge is -2.28. The number of nitrogens with zero attached hydrogens (tertiary/aromatic N) is 1. The highest BCUT2D eigenvalue weighted by Gasteiger charge is 2.62. The van der Waals surface area contributed by atoms with Crippen LogP contribution >= 0.6 is 23.2 Å². The first kappa shape index (κ1) is 19.8. The minimum atomic E-state index is -3.11. The van der Waals surface area contributed by atoms with Gasteiger partial charge in [-0.1, -0.05) is 37.0 Å². The predicted molar refractivity (Wildman–Crippen MR) is 102 cm³/mol. The van der Waals surface area contributed by atoms with Gasteiger partial charge in [-0.05, 0) is 42.9 Å². The Hall–Kier alpha value is -0.980. The van der Waals surface area contributed by atoms with Crippen LogP contribution in [0, 0.1) is 24.2 Å². The van der Waals surface area contributed by atoms with Gasteiger partial charge in [0.05, 0.1) is 24.0 Å². The zero-order valence-corrected chi connectivity index (χ0v) is 17.4. The highest BCUT2D eigenvalue weighted by molar-refractivity contribution is 7.91. The van der Waals surface area contributed by atoms with Crippen molar-refractivity contribution in [2.75, 3.05) is 11.5 Å². The SMILES string of the molecule is Cc1ccc(CN(C(=O)C2C(C=C(Cl)Cl)C2(C)C)C2CCS(=O)(=O)C2)o1. The summed E-state index contributed by atoms with van der Waals surface area (Å²) >= 11 is 11.6. The maximum Gasteiger partial charge on any atom is 0.227 e. The van der Waals surface area contributed by atoms with Crippen molar-refractivity contribution in [3.8, 4) is 0 Å². The summed E-state index contributed by atoms with van der Waals surface area (Å²) < 4.78 is 29.7. The van der Waals surface area contributed by atoms with E-state index in [-0.39, 0.29) is 51.7 Å². The molecule has 26 heavy (non-hydrogen) atoms. The smallest absolute Gasteiger partial charge is 0.227 e. The molecule has 1 aliphatic heterocycles. The van der Waals surface area contributed by atoms with Gasteiger partial charge in [-0.2, -0.15) is 0 Å². The molecule has 0 N–H and O–H groups in total. The van der Waals surface area contributed by atoms with Crippen LogP contribution in [0.5, 0.6) is 0 Å². The van der Waals surface area contributed by atoms with Crippen LogP contribution in [-0.2, 0) is 21.2 Å². The number of aryl methyl sites for hydroxylation is 1. The average molecular weight is 420 g/mol. The van der Waals surface area contributed by atoms with Crippen molar-refractivity contribution in [1.82, 2.24) is 4.90 Å². The van der Waals surface area contributed by atoms with Gasteiger partial charge >= 0.3 is 0 Å². The fraction of sp³-hybridized carbons (Fsp3) is 0.611. The number of allylic oxidation sites excluding steroid dienone is 1. The maximum atomic E-state index is 13.3. The van der Waals surface area contributed by atoms with Gasteiger partial charge in [0.2, 0.25) is 5.91 Å². The van der Waals surface area contributed by atoms with Gasteiger partial charge in [-0.25, -0.2) is 8.42 Å². The Labute approximate surface area is 164 Å². The summed E-state index contributed by atoms with van der Waals surface area (Å²) in [4.78, 5) is 15.0. The highest BCUT2D eigenvalue weighted by atomic mass is 35.5. The molecule has 3 atom stereocenters. The van der Waals surface area contributed by atoms with E-state index in [0.717, 1.165) is 5.76 Å². The summed E-state index contributed by atoms with van der Waals surface area (Å²) in [5.41, 5.74) is -0.263. The van der Waals surface area contributed by atoms with Gasteiger partial charge in [0.25, 0.3) is 0 Å². The Bertz CT molecular complexity index is 839.